The second kappa shape index (κ2) is 5.01. The Kier molecular flexibility index (Phi) is 3.43. The molecule has 0 aromatic heterocycles. The van der Waals surface area contributed by atoms with Crippen molar-refractivity contribution in [2.45, 2.75) is 31.6 Å². The summed E-state index contributed by atoms with van der Waals surface area (Å²) in [4.78, 5) is 11.3. The number of carbonyl (C=O) groups is 1. The van der Waals surface area contributed by atoms with Crippen molar-refractivity contribution in [3.63, 3.8) is 0 Å². The Bertz CT molecular complexity index is 474. The molecule has 0 saturated heterocycles. The van der Waals surface area contributed by atoms with Crippen LogP contribution in [0.4, 0.5) is 0 Å². The zero-order valence-electron chi connectivity index (χ0n) is 9.90. The fourth-order valence-corrected chi connectivity index (χ4v) is 2.46. The first-order chi connectivity index (χ1) is 8.24. The molecule has 1 aromatic carbocycles. The van der Waals surface area contributed by atoms with Gasteiger partial charge < -0.3 is 4.74 Å². The number of aryl methyl sites for hydroxylation is 1. The quantitative estimate of drug-likeness (QED) is 0.747. The molecular formula is C14H15NO2. The van der Waals surface area contributed by atoms with Crippen LogP contribution in [0.5, 0.6) is 0 Å². The summed E-state index contributed by atoms with van der Waals surface area (Å²) in [7, 11) is 1.42. The lowest BCUT2D eigenvalue weighted by atomic mass is 9.96. The molecule has 0 amide bonds. The molecule has 88 valence electrons. The van der Waals surface area contributed by atoms with Crippen molar-refractivity contribution < 1.29 is 9.53 Å². The molecule has 3 heteroatoms. The van der Waals surface area contributed by atoms with Crippen LogP contribution in [0.25, 0.3) is 0 Å². The lowest BCUT2D eigenvalue weighted by Crippen LogP contribution is -2.06. The van der Waals surface area contributed by atoms with Crippen molar-refractivity contribution in [3.05, 3.63) is 34.9 Å². The van der Waals surface area contributed by atoms with Gasteiger partial charge in [0.25, 0.3) is 0 Å². The number of rotatable bonds is 3. The maximum Gasteiger partial charge on any atom is 0.306 e. The molecule has 1 aliphatic carbocycles. The molecule has 17 heavy (non-hydrogen) atoms. The van der Waals surface area contributed by atoms with Crippen molar-refractivity contribution in [2.24, 2.45) is 0 Å². The van der Waals surface area contributed by atoms with Crippen LogP contribution in [-0.4, -0.2) is 13.1 Å². The molecule has 0 spiro atoms. The van der Waals surface area contributed by atoms with Gasteiger partial charge in [-0.2, -0.15) is 5.26 Å². The minimum absolute atomic E-state index is 0.149. The van der Waals surface area contributed by atoms with Crippen LogP contribution in [0, 0.1) is 11.3 Å². The molecule has 0 aliphatic heterocycles. The van der Waals surface area contributed by atoms with Crippen LogP contribution >= 0.6 is 0 Å². The number of hydrogen-bond donors (Lipinski definition) is 0. The van der Waals surface area contributed by atoms with E-state index < -0.39 is 0 Å². The van der Waals surface area contributed by atoms with E-state index in [2.05, 4.69) is 18.2 Å². The predicted molar refractivity (Wildman–Crippen MR) is 63.5 cm³/mol. The van der Waals surface area contributed by atoms with Crippen LogP contribution in [-0.2, 0) is 22.4 Å². The first kappa shape index (κ1) is 11.7. The molecular weight excluding hydrogens is 214 g/mol. The highest BCUT2D eigenvalue weighted by Crippen LogP contribution is 2.36. The fraction of sp³-hybridized carbons (Fsp3) is 0.429. The molecule has 0 radical (unpaired) electrons. The van der Waals surface area contributed by atoms with Gasteiger partial charge in [0.15, 0.2) is 0 Å². The molecule has 0 N–H and O–H groups in total. The third kappa shape index (κ3) is 2.47. The third-order valence-corrected chi connectivity index (χ3v) is 3.33. The number of nitriles is 1. The number of nitrogens with zero attached hydrogens (tertiary/aromatic N) is 1. The molecule has 2 rings (SSSR count). The molecule has 0 fully saturated rings. The first-order valence-corrected chi connectivity index (χ1v) is 5.80. The average molecular weight is 229 g/mol. The van der Waals surface area contributed by atoms with E-state index in [4.69, 9.17) is 10.00 Å². The van der Waals surface area contributed by atoms with Crippen molar-refractivity contribution in [2.75, 3.05) is 7.11 Å². The van der Waals surface area contributed by atoms with E-state index in [-0.39, 0.29) is 11.9 Å². The minimum Gasteiger partial charge on any atom is -0.469 e. The second-order valence-corrected chi connectivity index (χ2v) is 4.38. The number of carbonyl (C=O) groups excluding carboxylic acids is 1. The van der Waals surface area contributed by atoms with E-state index in [0.717, 1.165) is 18.4 Å². The van der Waals surface area contributed by atoms with Crippen LogP contribution in [0.1, 0.15) is 35.4 Å². The van der Waals surface area contributed by atoms with Gasteiger partial charge in [-0.05, 0) is 35.4 Å². The lowest BCUT2D eigenvalue weighted by Gasteiger charge is -2.10. The Hall–Kier alpha value is -1.82. The minimum atomic E-state index is -0.149. The summed E-state index contributed by atoms with van der Waals surface area (Å²) in [6.07, 6.45) is 2.91. The van der Waals surface area contributed by atoms with Crippen molar-refractivity contribution >= 4 is 5.97 Å². The van der Waals surface area contributed by atoms with Gasteiger partial charge in [0.05, 0.1) is 26.0 Å². The van der Waals surface area contributed by atoms with Crippen LogP contribution in [0.3, 0.4) is 0 Å². The molecule has 1 aliphatic rings. The molecule has 0 bridgehead atoms. The van der Waals surface area contributed by atoms with Gasteiger partial charge in [-0.3, -0.25) is 4.79 Å². The maximum absolute atomic E-state index is 11.3. The second-order valence-electron chi connectivity index (χ2n) is 4.38. The van der Waals surface area contributed by atoms with Gasteiger partial charge in [0, 0.05) is 0 Å². The van der Waals surface area contributed by atoms with Gasteiger partial charge in [-0.15, -0.1) is 0 Å². The smallest absolute Gasteiger partial charge is 0.306 e. The number of benzene rings is 1. The third-order valence-electron chi connectivity index (χ3n) is 3.33. The van der Waals surface area contributed by atoms with Gasteiger partial charge in [-0.1, -0.05) is 18.2 Å². The Morgan fingerprint density at radius 2 is 2.41 bits per heavy atom. The van der Waals surface area contributed by atoms with E-state index in [0.29, 0.717) is 12.8 Å². The highest BCUT2D eigenvalue weighted by Gasteiger charge is 2.24. The standard InChI is InChI=1S/C14H15NO2/c1-17-14(16)9-12-4-3-11-8-10(6-7-15)2-5-13(11)12/h2,5,8,12H,3-4,6,9H2,1H3. The van der Waals surface area contributed by atoms with Crippen molar-refractivity contribution in [1.29, 1.82) is 5.26 Å². The number of esters is 1. The Morgan fingerprint density at radius 1 is 1.59 bits per heavy atom. The molecule has 1 atom stereocenters. The summed E-state index contributed by atoms with van der Waals surface area (Å²) in [6, 6.07) is 8.29. The van der Waals surface area contributed by atoms with Gasteiger partial charge >= 0.3 is 5.97 Å². The predicted octanol–water partition coefficient (Wildman–Crippen LogP) is 2.35. The van der Waals surface area contributed by atoms with Gasteiger partial charge in [0.1, 0.15) is 0 Å². The van der Waals surface area contributed by atoms with Crippen LogP contribution < -0.4 is 0 Å². The fourth-order valence-electron chi connectivity index (χ4n) is 2.46. The Labute approximate surface area is 101 Å². The summed E-state index contributed by atoms with van der Waals surface area (Å²) in [5.74, 6) is 0.137. The van der Waals surface area contributed by atoms with E-state index in [1.54, 1.807) is 0 Å². The highest BCUT2D eigenvalue weighted by molar-refractivity contribution is 5.70. The summed E-state index contributed by atoms with van der Waals surface area (Å²) >= 11 is 0. The summed E-state index contributed by atoms with van der Waals surface area (Å²) < 4.78 is 4.71. The van der Waals surface area contributed by atoms with Gasteiger partial charge in [0.2, 0.25) is 0 Å². The maximum atomic E-state index is 11.3. The van der Waals surface area contributed by atoms with Crippen molar-refractivity contribution in [1.82, 2.24) is 0 Å². The topological polar surface area (TPSA) is 50.1 Å². The summed E-state index contributed by atoms with van der Waals surface area (Å²) in [5.41, 5.74) is 3.59. The highest BCUT2D eigenvalue weighted by atomic mass is 16.5. The number of methoxy groups -OCH3 is 1. The van der Waals surface area contributed by atoms with E-state index >= 15 is 0 Å². The van der Waals surface area contributed by atoms with E-state index in [1.807, 2.05) is 6.07 Å². The van der Waals surface area contributed by atoms with Crippen LogP contribution in [0.2, 0.25) is 0 Å². The van der Waals surface area contributed by atoms with Crippen molar-refractivity contribution in [3.8, 4) is 6.07 Å². The Balaban J connectivity index is 2.16. The largest absolute Gasteiger partial charge is 0.469 e. The molecule has 0 heterocycles. The monoisotopic (exact) mass is 229 g/mol. The number of fused-ring (bicyclic) bond motifs is 1. The first-order valence-electron chi connectivity index (χ1n) is 5.80. The molecule has 0 saturated carbocycles. The zero-order chi connectivity index (χ0) is 12.3. The number of ether oxygens (including phenoxy) is 1. The zero-order valence-corrected chi connectivity index (χ0v) is 9.90. The number of hydrogen-bond acceptors (Lipinski definition) is 3. The Morgan fingerprint density at radius 3 is 3.12 bits per heavy atom. The lowest BCUT2D eigenvalue weighted by molar-refractivity contribution is -0.141. The van der Waals surface area contributed by atoms with Crippen LogP contribution in [0.15, 0.2) is 18.2 Å². The molecule has 1 aromatic rings. The van der Waals surface area contributed by atoms with Gasteiger partial charge in [-0.25, -0.2) is 0 Å². The summed E-state index contributed by atoms with van der Waals surface area (Å²) in [6.45, 7) is 0. The summed E-state index contributed by atoms with van der Waals surface area (Å²) in [5, 5.41) is 8.66. The SMILES string of the molecule is COC(=O)CC1CCc2cc(CC#N)ccc21. The van der Waals surface area contributed by atoms with E-state index in [1.165, 1.54) is 18.2 Å². The van der Waals surface area contributed by atoms with E-state index in [9.17, 15) is 4.79 Å². The molecule has 1 unspecified atom stereocenters. The molecule has 3 nitrogen and oxygen atoms in total. The average Bonchev–Trinajstić information content (AvgIpc) is 2.72. The normalized spacial score (nSPS) is 17.3.